The Morgan fingerprint density at radius 2 is 1.28 bits per heavy atom. The zero-order valence-electron chi connectivity index (χ0n) is 16.5. The molecule has 0 fully saturated rings. The summed E-state index contributed by atoms with van der Waals surface area (Å²) < 4.78 is 0. The minimum Gasteiger partial charge on any atom is -0.355 e. The lowest BCUT2D eigenvalue weighted by Gasteiger charge is -2.31. The summed E-state index contributed by atoms with van der Waals surface area (Å²) in [7, 11) is 2.18. The van der Waals surface area contributed by atoms with Gasteiger partial charge in [-0.05, 0) is 12.0 Å². The van der Waals surface area contributed by atoms with Crippen molar-refractivity contribution in [2.45, 2.75) is 83.7 Å². The second kappa shape index (κ2) is 12.0. The van der Waals surface area contributed by atoms with Gasteiger partial charge in [0.15, 0.2) is 0 Å². The topological polar surface area (TPSA) is 6.48 Å². The van der Waals surface area contributed by atoms with Crippen LogP contribution in [0.2, 0.25) is 0 Å². The Morgan fingerprint density at radius 1 is 0.720 bits per heavy atom. The summed E-state index contributed by atoms with van der Waals surface area (Å²) in [6, 6.07) is 10.9. The first-order valence-corrected chi connectivity index (χ1v) is 10.5. The van der Waals surface area contributed by atoms with Crippen LogP contribution in [0.5, 0.6) is 0 Å². The summed E-state index contributed by atoms with van der Waals surface area (Å²) in [5, 5.41) is 0. The third kappa shape index (κ3) is 7.13. The molecule has 2 heteroatoms. The molecule has 1 heterocycles. The lowest BCUT2D eigenvalue weighted by atomic mass is 10.1. The lowest BCUT2D eigenvalue weighted by molar-refractivity contribution is 0.176. The number of rotatable bonds is 13. The molecule has 0 aromatic heterocycles. The van der Waals surface area contributed by atoms with E-state index in [1.165, 1.54) is 76.2 Å². The van der Waals surface area contributed by atoms with Gasteiger partial charge in [-0.25, -0.2) is 0 Å². The Hall–Kier alpha value is -1.44. The smallest absolute Gasteiger partial charge is 0.127 e. The molecule has 0 spiro atoms. The van der Waals surface area contributed by atoms with Gasteiger partial charge in [0.25, 0.3) is 0 Å². The van der Waals surface area contributed by atoms with Gasteiger partial charge in [0.2, 0.25) is 0 Å². The molecular weight excluding hydrogens is 304 g/mol. The predicted octanol–water partition coefficient (Wildman–Crippen LogP) is 6.71. The molecule has 1 aliphatic rings. The fraction of sp³-hybridized carbons (Fsp3) is 0.652. The molecule has 25 heavy (non-hydrogen) atoms. The van der Waals surface area contributed by atoms with E-state index in [9.17, 15) is 0 Å². The van der Waals surface area contributed by atoms with Gasteiger partial charge in [-0.2, -0.15) is 0 Å². The van der Waals surface area contributed by atoms with E-state index in [2.05, 4.69) is 66.5 Å². The fourth-order valence-electron chi connectivity index (χ4n) is 3.79. The van der Waals surface area contributed by atoms with E-state index in [1.807, 2.05) is 0 Å². The first-order valence-electron chi connectivity index (χ1n) is 10.5. The van der Waals surface area contributed by atoms with Crippen LogP contribution in [0.25, 0.3) is 0 Å². The molecule has 0 N–H and O–H groups in total. The van der Waals surface area contributed by atoms with Crippen molar-refractivity contribution in [2.75, 3.05) is 13.6 Å². The number of hydrogen-bond donors (Lipinski definition) is 0. The Balaban J connectivity index is 1.53. The minimum absolute atomic E-state index is 0.379. The molecule has 2 nitrogen and oxygen atoms in total. The van der Waals surface area contributed by atoms with Gasteiger partial charge >= 0.3 is 0 Å². The van der Waals surface area contributed by atoms with E-state index in [-0.39, 0.29) is 0 Å². The van der Waals surface area contributed by atoms with Crippen LogP contribution in [0.1, 0.15) is 89.3 Å². The molecule has 1 atom stereocenters. The van der Waals surface area contributed by atoms with Crippen molar-refractivity contribution in [3.8, 4) is 0 Å². The maximum Gasteiger partial charge on any atom is 0.127 e. The summed E-state index contributed by atoms with van der Waals surface area (Å²) in [6.07, 6.45) is 20.3. The summed E-state index contributed by atoms with van der Waals surface area (Å²) in [6.45, 7) is 3.45. The quantitative estimate of drug-likeness (QED) is 0.367. The van der Waals surface area contributed by atoms with E-state index in [4.69, 9.17) is 0 Å². The summed E-state index contributed by atoms with van der Waals surface area (Å²) in [5.74, 6) is 0. The van der Waals surface area contributed by atoms with Gasteiger partial charge in [-0.15, -0.1) is 0 Å². The van der Waals surface area contributed by atoms with Crippen LogP contribution in [-0.4, -0.2) is 23.4 Å². The molecule has 0 amide bonds. The van der Waals surface area contributed by atoms with Crippen LogP contribution in [0.15, 0.2) is 42.7 Å². The van der Waals surface area contributed by atoms with Crippen molar-refractivity contribution >= 4 is 0 Å². The highest BCUT2D eigenvalue weighted by molar-refractivity contribution is 5.21. The average Bonchev–Trinajstić information content (AvgIpc) is 3.01. The monoisotopic (exact) mass is 342 g/mol. The van der Waals surface area contributed by atoms with E-state index >= 15 is 0 Å². The highest BCUT2D eigenvalue weighted by Crippen LogP contribution is 2.29. The number of hydrogen-bond acceptors (Lipinski definition) is 2. The standard InChI is InChI=1S/C23H38N2/c1-3-4-5-6-7-8-9-10-11-12-16-19-25-21-20-24(2)23(25)22-17-14-13-15-18-22/h13-15,17-18,20-21,23H,3-12,16,19H2,1-2H3. The zero-order valence-corrected chi connectivity index (χ0v) is 16.5. The van der Waals surface area contributed by atoms with E-state index in [0.29, 0.717) is 6.17 Å². The van der Waals surface area contributed by atoms with Crippen molar-refractivity contribution in [2.24, 2.45) is 0 Å². The Bertz CT molecular complexity index is 468. The van der Waals surface area contributed by atoms with Crippen molar-refractivity contribution in [3.63, 3.8) is 0 Å². The third-order valence-corrected chi connectivity index (χ3v) is 5.31. The molecule has 0 saturated heterocycles. The Labute approximate surface area is 155 Å². The van der Waals surface area contributed by atoms with Crippen LogP contribution in [0.3, 0.4) is 0 Å². The zero-order chi connectivity index (χ0) is 17.7. The number of nitrogens with zero attached hydrogens (tertiary/aromatic N) is 2. The summed E-state index contributed by atoms with van der Waals surface area (Å²) in [4.78, 5) is 4.80. The van der Waals surface area contributed by atoms with Gasteiger partial charge in [-0.3, -0.25) is 0 Å². The first-order chi connectivity index (χ1) is 12.3. The van der Waals surface area contributed by atoms with Gasteiger partial charge in [-0.1, -0.05) is 101 Å². The maximum atomic E-state index is 2.49. The molecule has 0 bridgehead atoms. The maximum absolute atomic E-state index is 2.49. The molecule has 1 aromatic rings. The Kier molecular flexibility index (Phi) is 9.54. The molecule has 0 radical (unpaired) electrons. The molecule has 1 aliphatic heterocycles. The minimum atomic E-state index is 0.379. The molecule has 0 aliphatic carbocycles. The van der Waals surface area contributed by atoms with Crippen LogP contribution in [-0.2, 0) is 0 Å². The second-order valence-corrected chi connectivity index (χ2v) is 7.52. The number of unbranched alkanes of at least 4 members (excludes halogenated alkanes) is 10. The first kappa shape index (κ1) is 19.9. The second-order valence-electron chi connectivity index (χ2n) is 7.52. The molecule has 1 unspecified atom stereocenters. The molecule has 2 rings (SSSR count). The third-order valence-electron chi connectivity index (χ3n) is 5.31. The SMILES string of the molecule is CCCCCCCCCCCCCN1C=CN(C)C1c1ccccc1. The highest BCUT2D eigenvalue weighted by atomic mass is 15.4. The normalized spacial score (nSPS) is 16.8. The van der Waals surface area contributed by atoms with E-state index in [0.717, 1.165) is 6.54 Å². The molecular formula is C23H38N2. The lowest BCUT2D eigenvalue weighted by Crippen LogP contribution is -2.29. The van der Waals surface area contributed by atoms with Crippen molar-refractivity contribution < 1.29 is 0 Å². The van der Waals surface area contributed by atoms with Crippen LogP contribution in [0.4, 0.5) is 0 Å². The van der Waals surface area contributed by atoms with Crippen LogP contribution in [0, 0.1) is 0 Å². The van der Waals surface area contributed by atoms with E-state index < -0.39 is 0 Å². The summed E-state index contributed by atoms with van der Waals surface area (Å²) >= 11 is 0. The van der Waals surface area contributed by atoms with Crippen LogP contribution >= 0.6 is 0 Å². The van der Waals surface area contributed by atoms with Crippen LogP contribution < -0.4 is 0 Å². The summed E-state index contributed by atoms with van der Waals surface area (Å²) in [5.41, 5.74) is 1.39. The fourth-order valence-corrected chi connectivity index (χ4v) is 3.79. The van der Waals surface area contributed by atoms with Gasteiger partial charge < -0.3 is 9.80 Å². The largest absolute Gasteiger partial charge is 0.355 e. The highest BCUT2D eigenvalue weighted by Gasteiger charge is 2.24. The van der Waals surface area contributed by atoms with Crippen molar-refractivity contribution in [1.82, 2.24) is 9.80 Å². The number of benzene rings is 1. The Morgan fingerprint density at radius 3 is 1.88 bits per heavy atom. The van der Waals surface area contributed by atoms with Gasteiger partial charge in [0, 0.05) is 26.0 Å². The van der Waals surface area contributed by atoms with Crippen molar-refractivity contribution in [3.05, 3.63) is 48.3 Å². The average molecular weight is 343 g/mol. The van der Waals surface area contributed by atoms with Crippen molar-refractivity contribution in [1.29, 1.82) is 0 Å². The molecule has 140 valence electrons. The molecule has 0 saturated carbocycles. The predicted molar refractivity (Wildman–Crippen MR) is 109 cm³/mol. The van der Waals surface area contributed by atoms with Gasteiger partial charge in [0.1, 0.15) is 6.17 Å². The molecule has 1 aromatic carbocycles. The van der Waals surface area contributed by atoms with Gasteiger partial charge in [0.05, 0.1) is 0 Å². The van der Waals surface area contributed by atoms with E-state index in [1.54, 1.807) is 0 Å².